The first-order valence-electron chi connectivity index (χ1n) is 6.36. The Kier molecular flexibility index (Phi) is 4.76. The van der Waals surface area contributed by atoms with Gasteiger partial charge in [0.15, 0.2) is 0 Å². The Morgan fingerprint density at radius 1 is 1.50 bits per heavy atom. The van der Waals surface area contributed by atoms with E-state index in [4.69, 9.17) is 0 Å². The first-order valence-corrected chi connectivity index (χ1v) is 6.36. The van der Waals surface area contributed by atoms with Gasteiger partial charge in [-0.3, -0.25) is 5.32 Å². The molecule has 0 amide bonds. The summed E-state index contributed by atoms with van der Waals surface area (Å²) in [6, 6.07) is 3.59. The highest BCUT2D eigenvalue weighted by Gasteiger charge is 2.27. The molecule has 1 unspecified atom stereocenters. The Morgan fingerprint density at radius 3 is 2.56 bits per heavy atom. The molecular weight excluding hydrogens is 198 g/mol. The molecule has 1 aliphatic carbocycles. The summed E-state index contributed by atoms with van der Waals surface area (Å²) in [5.74, 6) is 0. The van der Waals surface area contributed by atoms with Gasteiger partial charge in [-0.15, -0.1) is 0 Å². The van der Waals surface area contributed by atoms with E-state index in [0.717, 1.165) is 25.4 Å². The summed E-state index contributed by atoms with van der Waals surface area (Å²) in [4.78, 5) is 2.42. The molecule has 3 nitrogen and oxygen atoms in total. The minimum atomic E-state index is -0.363. The predicted octanol–water partition coefficient (Wildman–Crippen LogP) is 2.14. The summed E-state index contributed by atoms with van der Waals surface area (Å²) < 4.78 is 0. The molecule has 16 heavy (non-hydrogen) atoms. The first-order chi connectivity index (χ1) is 7.47. The van der Waals surface area contributed by atoms with Crippen LogP contribution in [-0.4, -0.2) is 36.1 Å². The molecule has 1 N–H and O–H groups in total. The van der Waals surface area contributed by atoms with E-state index in [1.807, 2.05) is 6.92 Å². The molecule has 3 heteroatoms. The zero-order valence-corrected chi connectivity index (χ0v) is 11.1. The van der Waals surface area contributed by atoms with E-state index in [0.29, 0.717) is 6.04 Å². The molecule has 0 heterocycles. The third-order valence-corrected chi connectivity index (χ3v) is 3.21. The molecule has 1 atom stereocenters. The van der Waals surface area contributed by atoms with Crippen LogP contribution in [0.25, 0.3) is 0 Å². The van der Waals surface area contributed by atoms with Crippen molar-refractivity contribution in [2.45, 2.75) is 64.1 Å². The van der Waals surface area contributed by atoms with Gasteiger partial charge in [-0.1, -0.05) is 0 Å². The summed E-state index contributed by atoms with van der Waals surface area (Å²) in [6.07, 6.45) is 4.74. The topological polar surface area (TPSA) is 39.1 Å². The van der Waals surface area contributed by atoms with Crippen molar-refractivity contribution < 1.29 is 0 Å². The van der Waals surface area contributed by atoms with Gasteiger partial charge in [0, 0.05) is 12.1 Å². The van der Waals surface area contributed by atoms with Gasteiger partial charge in [0.2, 0.25) is 0 Å². The number of nitrogens with one attached hydrogen (secondary N) is 1. The van der Waals surface area contributed by atoms with Gasteiger partial charge in [-0.25, -0.2) is 0 Å². The van der Waals surface area contributed by atoms with Gasteiger partial charge in [0.1, 0.15) is 5.54 Å². The predicted molar refractivity (Wildman–Crippen MR) is 67.2 cm³/mol. The maximum absolute atomic E-state index is 9.19. The molecular formula is C13H25N3. The van der Waals surface area contributed by atoms with E-state index in [-0.39, 0.29) is 5.54 Å². The van der Waals surface area contributed by atoms with Crippen molar-refractivity contribution in [1.82, 2.24) is 10.2 Å². The van der Waals surface area contributed by atoms with Gasteiger partial charge >= 0.3 is 0 Å². The quantitative estimate of drug-likeness (QED) is 0.718. The molecule has 1 rings (SSSR count). The molecule has 0 aliphatic heterocycles. The minimum Gasteiger partial charge on any atom is -0.303 e. The highest BCUT2D eigenvalue weighted by atomic mass is 15.1. The Bertz CT molecular complexity index is 252. The monoisotopic (exact) mass is 223 g/mol. The van der Waals surface area contributed by atoms with E-state index in [9.17, 15) is 5.26 Å². The third kappa shape index (κ3) is 4.51. The lowest BCUT2D eigenvalue weighted by Gasteiger charge is -2.27. The van der Waals surface area contributed by atoms with Gasteiger partial charge in [0.25, 0.3) is 0 Å². The normalized spacial score (nSPS) is 19.8. The third-order valence-electron chi connectivity index (χ3n) is 3.21. The standard InChI is InChI=1S/C13H25N3/c1-11(2)15-13(3,10-14)8-5-9-16(4)12-6-7-12/h11-12,15H,5-9H2,1-4H3. The van der Waals surface area contributed by atoms with Gasteiger partial charge in [0.05, 0.1) is 6.07 Å². The fraction of sp³-hybridized carbons (Fsp3) is 0.923. The SMILES string of the molecule is CC(C)NC(C)(C#N)CCCN(C)C1CC1. The van der Waals surface area contributed by atoms with E-state index in [1.54, 1.807) is 0 Å². The van der Waals surface area contributed by atoms with Crippen molar-refractivity contribution in [2.24, 2.45) is 0 Å². The molecule has 1 saturated carbocycles. The number of nitrogens with zero attached hydrogens (tertiary/aromatic N) is 2. The second kappa shape index (κ2) is 5.65. The molecule has 92 valence electrons. The molecule has 0 saturated heterocycles. The van der Waals surface area contributed by atoms with E-state index in [2.05, 4.69) is 37.2 Å². The Hall–Kier alpha value is -0.590. The van der Waals surface area contributed by atoms with E-state index >= 15 is 0 Å². The van der Waals surface area contributed by atoms with Crippen LogP contribution >= 0.6 is 0 Å². The molecule has 1 fully saturated rings. The van der Waals surface area contributed by atoms with Crippen molar-refractivity contribution in [3.05, 3.63) is 0 Å². The zero-order valence-electron chi connectivity index (χ0n) is 11.1. The number of nitriles is 1. The van der Waals surface area contributed by atoms with Crippen LogP contribution in [0.4, 0.5) is 0 Å². The highest BCUT2D eigenvalue weighted by molar-refractivity contribution is 5.04. The largest absolute Gasteiger partial charge is 0.303 e. The van der Waals surface area contributed by atoms with Crippen molar-refractivity contribution >= 4 is 0 Å². The Balaban J connectivity index is 2.24. The maximum atomic E-state index is 9.19. The number of hydrogen-bond donors (Lipinski definition) is 1. The Labute approximate surface area is 99.8 Å². The average Bonchev–Trinajstić information content (AvgIpc) is 2.99. The lowest BCUT2D eigenvalue weighted by atomic mass is 9.96. The maximum Gasteiger partial charge on any atom is 0.104 e. The minimum absolute atomic E-state index is 0.363. The fourth-order valence-corrected chi connectivity index (χ4v) is 2.18. The molecule has 0 aromatic rings. The summed E-state index contributed by atoms with van der Waals surface area (Å²) in [5, 5.41) is 12.5. The molecule has 0 aromatic carbocycles. The van der Waals surface area contributed by atoms with Crippen molar-refractivity contribution in [2.75, 3.05) is 13.6 Å². The lowest BCUT2D eigenvalue weighted by molar-refractivity contribution is 0.291. The summed E-state index contributed by atoms with van der Waals surface area (Å²) in [5.41, 5.74) is -0.363. The lowest BCUT2D eigenvalue weighted by Crippen LogP contribution is -2.45. The molecule has 0 bridgehead atoms. The Morgan fingerprint density at radius 2 is 2.12 bits per heavy atom. The van der Waals surface area contributed by atoms with Gasteiger partial charge in [-0.05, 0) is 60.0 Å². The van der Waals surface area contributed by atoms with E-state index < -0.39 is 0 Å². The van der Waals surface area contributed by atoms with Crippen LogP contribution in [0.3, 0.4) is 0 Å². The van der Waals surface area contributed by atoms with Crippen LogP contribution < -0.4 is 5.32 Å². The molecule has 1 aliphatic rings. The van der Waals surface area contributed by atoms with Crippen LogP contribution in [-0.2, 0) is 0 Å². The summed E-state index contributed by atoms with van der Waals surface area (Å²) >= 11 is 0. The number of hydrogen-bond acceptors (Lipinski definition) is 3. The van der Waals surface area contributed by atoms with Crippen LogP contribution in [0.15, 0.2) is 0 Å². The molecule has 0 radical (unpaired) electrons. The van der Waals surface area contributed by atoms with Crippen molar-refractivity contribution in [1.29, 1.82) is 5.26 Å². The smallest absolute Gasteiger partial charge is 0.104 e. The van der Waals surface area contributed by atoms with E-state index in [1.165, 1.54) is 12.8 Å². The summed E-state index contributed by atoms with van der Waals surface area (Å²) in [6.45, 7) is 7.30. The zero-order chi connectivity index (χ0) is 12.2. The van der Waals surface area contributed by atoms with Crippen LogP contribution in [0.1, 0.15) is 46.5 Å². The molecule has 0 aromatic heterocycles. The molecule has 0 spiro atoms. The average molecular weight is 223 g/mol. The van der Waals surface area contributed by atoms with Gasteiger partial charge in [-0.2, -0.15) is 5.26 Å². The second-order valence-corrected chi connectivity index (χ2v) is 5.56. The van der Waals surface area contributed by atoms with Crippen molar-refractivity contribution in [3.8, 4) is 6.07 Å². The summed E-state index contributed by atoms with van der Waals surface area (Å²) in [7, 11) is 2.19. The van der Waals surface area contributed by atoms with Gasteiger partial charge < -0.3 is 4.90 Å². The number of rotatable bonds is 7. The fourth-order valence-electron chi connectivity index (χ4n) is 2.18. The van der Waals surface area contributed by atoms with Crippen molar-refractivity contribution in [3.63, 3.8) is 0 Å². The highest BCUT2D eigenvalue weighted by Crippen LogP contribution is 2.25. The van der Waals surface area contributed by atoms with Crippen LogP contribution in [0.5, 0.6) is 0 Å². The van der Waals surface area contributed by atoms with Crippen LogP contribution in [0, 0.1) is 11.3 Å². The second-order valence-electron chi connectivity index (χ2n) is 5.56. The van der Waals surface area contributed by atoms with Crippen LogP contribution in [0.2, 0.25) is 0 Å². The first kappa shape index (κ1) is 13.5.